The number of benzene rings is 2. The number of nitrogens with one attached hydrogen (secondary N) is 1. The van der Waals surface area contributed by atoms with Crippen LogP contribution in [0.5, 0.6) is 0 Å². The van der Waals surface area contributed by atoms with Crippen molar-refractivity contribution in [1.29, 1.82) is 0 Å². The fourth-order valence-electron chi connectivity index (χ4n) is 5.32. The number of amides is 3. The summed E-state index contributed by atoms with van der Waals surface area (Å²) in [7, 11) is 0. The second-order valence-electron chi connectivity index (χ2n) is 8.75. The molecule has 3 aliphatic rings. The Morgan fingerprint density at radius 1 is 0.968 bits per heavy atom. The van der Waals surface area contributed by atoms with E-state index in [0.29, 0.717) is 17.7 Å². The number of carbonyl (C=O) groups is 3. The van der Waals surface area contributed by atoms with Crippen molar-refractivity contribution in [2.75, 3.05) is 4.90 Å². The minimum atomic E-state index is -1.32. The van der Waals surface area contributed by atoms with Gasteiger partial charge in [0, 0.05) is 25.4 Å². The summed E-state index contributed by atoms with van der Waals surface area (Å²) in [6.07, 6.45) is 5.81. The van der Waals surface area contributed by atoms with Gasteiger partial charge in [-0.15, -0.1) is 0 Å². The van der Waals surface area contributed by atoms with Gasteiger partial charge in [0.05, 0.1) is 11.3 Å². The summed E-state index contributed by atoms with van der Waals surface area (Å²) in [5.41, 5.74) is 0.614. The summed E-state index contributed by atoms with van der Waals surface area (Å²) in [6.45, 7) is 0.274. The molecule has 1 atom stereocenters. The zero-order valence-electron chi connectivity index (χ0n) is 17.5. The van der Waals surface area contributed by atoms with Crippen molar-refractivity contribution in [3.05, 3.63) is 65.7 Å². The molecule has 2 aromatic carbocycles. The summed E-state index contributed by atoms with van der Waals surface area (Å²) >= 11 is 0. The Bertz CT molecular complexity index is 1020. The van der Waals surface area contributed by atoms with Crippen LogP contribution in [0, 0.1) is 0 Å². The SMILES string of the molecule is O=C1c2ccccc2N2C(=O)CCC2(C(=O)NC2CCCCC2)N1Cc1ccccc1. The van der Waals surface area contributed by atoms with Gasteiger partial charge in [0.15, 0.2) is 0 Å². The van der Waals surface area contributed by atoms with Gasteiger partial charge in [0.2, 0.25) is 11.6 Å². The monoisotopic (exact) mass is 417 g/mol. The van der Waals surface area contributed by atoms with Crippen molar-refractivity contribution in [2.45, 2.75) is 63.2 Å². The number of anilines is 1. The predicted octanol–water partition coefficient (Wildman–Crippen LogP) is 3.61. The summed E-state index contributed by atoms with van der Waals surface area (Å²) < 4.78 is 0. The van der Waals surface area contributed by atoms with Crippen LogP contribution >= 0.6 is 0 Å². The van der Waals surface area contributed by atoms with Crippen molar-refractivity contribution in [3.63, 3.8) is 0 Å². The van der Waals surface area contributed by atoms with E-state index in [1.54, 1.807) is 28.0 Å². The molecule has 0 radical (unpaired) electrons. The maximum atomic E-state index is 13.9. The summed E-state index contributed by atoms with van der Waals surface area (Å²) in [4.78, 5) is 43.8. The van der Waals surface area contributed by atoms with Crippen molar-refractivity contribution >= 4 is 23.4 Å². The number of carbonyl (C=O) groups excluding carboxylic acids is 3. The highest BCUT2D eigenvalue weighted by Crippen LogP contribution is 2.45. The molecule has 5 rings (SSSR count). The molecule has 1 saturated carbocycles. The van der Waals surface area contributed by atoms with Crippen LogP contribution in [-0.2, 0) is 16.1 Å². The first-order valence-corrected chi connectivity index (χ1v) is 11.2. The number of hydrogen-bond donors (Lipinski definition) is 1. The maximum absolute atomic E-state index is 13.9. The molecule has 1 saturated heterocycles. The molecule has 1 N–H and O–H groups in total. The summed E-state index contributed by atoms with van der Waals surface area (Å²) in [5, 5.41) is 3.21. The molecule has 3 amide bonds. The summed E-state index contributed by atoms with van der Waals surface area (Å²) in [6, 6.07) is 16.9. The molecule has 2 aliphatic heterocycles. The molecule has 6 nitrogen and oxygen atoms in total. The van der Waals surface area contributed by atoms with E-state index in [1.165, 1.54) is 6.42 Å². The van der Waals surface area contributed by atoms with Gasteiger partial charge < -0.3 is 10.2 Å². The fraction of sp³-hybridized carbons (Fsp3) is 0.400. The van der Waals surface area contributed by atoms with E-state index in [9.17, 15) is 14.4 Å². The second kappa shape index (κ2) is 7.84. The van der Waals surface area contributed by atoms with Crippen LogP contribution in [0.4, 0.5) is 5.69 Å². The zero-order chi connectivity index (χ0) is 21.4. The molecule has 2 fully saturated rings. The van der Waals surface area contributed by atoms with E-state index in [0.717, 1.165) is 31.2 Å². The first-order chi connectivity index (χ1) is 15.1. The van der Waals surface area contributed by atoms with Gasteiger partial charge in [-0.2, -0.15) is 0 Å². The van der Waals surface area contributed by atoms with Gasteiger partial charge in [-0.1, -0.05) is 61.7 Å². The molecule has 0 spiro atoms. The van der Waals surface area contributed by atoms with Gasteiger partial charge in [-0.3, -0.25) is 19.3 Å². The lowest BCUT2D eigenvalue weighted by atomic mass is 9.92. The van der Waals surface area contributed by atoms with Gasteiger partial charge in [-0.25, -0.2) is 0 Å². The second-order valence-corrected chi connectivity index (χ2v) is 8.75. The normalized spacial score (nSPS) is 23.5. The van der Waals surface area contributed by atoms with E-state index < -0.39 is 5.66 Å². The lowest BCUT2D eigenvalue weighted by molar-refractivity contribution is -0.134. The molecule has 0 aromatic heterocycles. The average Bonchev–Trinajstić information content (AvgIpc) is 3.16. The minimum Gasteiger partial charge on any atom is -0.350 e. The third-order valence-corrected chi connectivity index (χ3v) is 6.86. The van der Waals surface area contributed by atoms with Gasteiger partial charge in [0.1, 0.15) is 0 Å². The zero-order valence-corrected chi connectivity index (χ0v) is 17.5. The first kappa shape index (κ1) is 19.8. The van der Waals surface area contributed by atoms with Crippen LogP contribution in [0.2, 0.25) is 0 Å². The molecule has 31 heavy (non-hydrogen) atoms. The Balaban J connectivity index is 1.60. The molecule has 1 aliphatic carbocycles. The van der Waals surface area contributed by atoms with Crippen molar-refractivity contribution in [3.8, 4) is 0 Å². The molecule has 160 valence electrons. The topological polar surface area (TPSA) is 69.7 Å². The Kier molecular flexibility index (Phi) is 5.00. The minimum absolute atomic E-state index is 0.0963. The number of nitrogens with zero attached hydrogens (tertiary/aromatic N) is 2. The van der Waals surface area contributed by atoms with E-state index in [1.807, 2.05) is 36.4 Å². The Hall–Kier alpha value is -3.15. The number of fused-ring (bicyclic) bond motifs is 3. The summed E-state index contributed by atoms with van der Waals surface area (Å²) in [5.74, 6) is -0.551. The van der Waals surface area contributed by atoms with E-state index in [2.05, 4.69) is 5.32 Å². The lowest BCUT2D eigenvalue weighted by Crippen LogP contribution is -2.70. The van der Waals surface area contributed by atoms with Crippen LogP contribution < -0.4 is 10.2 Å². The van der Waals surface area contributed by atoms with Crippen molar-refractivity contribution < 1.29 is 14.4 Å². The highest BCUT2D eigenvalue weighted by atomic mass is 16.2. The lowest BCUT2D eigenvalue weighted by Gasteiger charge is -2.49. The average molecular weight is 418 g/mol. The van der Waals surface area contributed by atoms with Crippen LogP contribution in [0.3, 0.4) is 0 Å². The Morgan fingerprint density at radius 3 is 2.45 bits per heavy atom. The Morgan fingerprint density at radius 2 is 1.68 bits per heavy atom. The van der Waals surface area contributed by atoms with E-state index in [4.69, 9.17) is 0 Å². The molecular weight excluding hydrogens is 390 g/mol. The number of para-hydroxylation sites is 1. The van der Waals surface area contributed by atoms with Gasteiger partial charge in [0.25, 0.3) is 11.8 Å². The Labute approximate surface area is 182 Å². The first-order valence-electron chi connectivity index (χ1n) is 11.2. The quantitative estimate of drug-likeness (QED) is 0.826. The third kappa shape index (κ3) is 3.21. The smallest absolute Gasteiger partial charge is 0.267 e. The van der Waals surface area contributed by atoms with Gasteiger partial charge in [-0.05, 0) is 30.5 Å². The molecule has 2 heterocycles. The van der Waals surface area contributed by atoms with Gasteiger partial charge >= 0.3 is 0 Å². The van der Waals surface area contributed by atoms with Crippen LogP contribution in [0.15, 0.2) is 54.6 Å². The van der Waals surface area contributed by atoms with Crippen LogP contribution in [-0.4, -0.2) is 34.3 Å². The van der Waals surface area contributed by atoms with Crippen LogP contribution in [0.1, 0.15) is 60.9 Å². The van der Waals surface area contributed by atoms with Crippen molar-refractivity contribution in [1.82, 2.24) is 10.2 Å². The van der Waals surface area contributed by atoms with E-state index in [-0.39, 0.29) is 36.7 Å². The fourth-order valence-corrected chi connectivity index (χ4v) is 5.32. The molecule has 6 heteroatoms. The standard InChI is InChI=1S/C25H27N3O3/c29-22-15-16-25(24(31)26-19-11-5-2-6-12-19)27(17-18-9-3-1-4-10-18)23(30)20-13-7-8-14-21(20)28(22)25/h1,3-4,7-10,13-14,19H,2,5-6,11-12,15-17H2,(H,26,31). The van der Waals surface area contributed by atoms with E-state index >= 15 is 0 Å². The molecule has 0 bridgehead atoms. The maximum Gasteiger partial charge on any atom is 0.267 e. The number of rotatable bonds is 4. The van der Waals surface area contributed by atoms with Crippen molar-refractivity contribution in [2.24, 2.45) is 0 Å². The number of hydrogen-bond acceptors (Lipinski definition) is 3. The highest BCUT2D eigenvalue weighted by Gasteiger charge is 2.60. The molecule has 1 unspecified atom stereocenters. The third-order valence-electron chi connectivity index (χ3n) is 6.86. The molecular formula is C25H27N3O3. The van der Waals surface area contributed by atoms with Crippen LogP contribution in [0.25, 0.3) is 0 Å². The highest BCUT2D eigenvalue weighted by molar-refractivity contribution is 6.16. The molecule has 2 aromatic rings. The largest absolute Gasteiger partial charge is 0.350 e. The predicted molar refractivity (Wildman–Crippen MR) is 117 cm³/mol.